The van der Waals surface area contributed by atoms with Gasteiger partial charge in [0.1, 0.15) is 4.90 Å². The maximum Gasteiger partial charge on any atom is 0.240 e. The van der Waals surface area contributed by atoms with Crippen molar-refractivity contribution in [1.82, 2.24) is 0 Å². The first kappa shape index (κ1) is 13.7. The molecule has 0 spiro atoms. The Balaban J connectivity index is 2.04. The topological polar surface area (TPSA) is 95.4 Å². The van der Waals surface area contributed by atoms with E-state index in [0.717, 1.165) is 30.1 Å². The lowest BCUT2D eigenvalue weighted by molar-refractivity contribution is 0.129. The Hall–Kier alpha value is -0.760. The van der Waals surface area contributed by atoms with Crippen LogP contribution >= 0.6 is 11.8 Å². The Morgan fingerprint density at radius 1 is 1.44 bits per heavy atom. The highest BCUT2D eigenvalue weighted by atomic mass is 32.2. The SMILES string of the molecule is Nc1cc(SCC2CCCO2)ccc1S(N)(=O)=O. The molecule has 2 rings (SSSR count). The van der Waals surface area contributed by atoms with E-state index >= 15 is 0 Å². The summed E-state index contributed by atoms with van der Waals surface area (Å²) in [6.07, 6.45) is 2.48. The van der Waals surface area contributed by atoms with Crippen LogP contribution in [-0.4, -0.2) is 26.9 Å². The van der Waals surface area contributed by atoms with Crippen molar-refractivity contribution < 1.29 is 13.2 Å². The van der Waals surface area contributed by atoms with Gasteiger partial charge in [0.2, 0.25) is 10.0 Å². The number of sulfonamides is 1. The Morgan fingerprint density at radius 2 is 2.22 bits per heavy atom. The van der Waals surface area contributed by atoms with E-state index in [1.165, 1.54) is 6.07 Å². The fourth-order valence-electron chi connectivity index (χ4n) is 1.84. The molecule has 0 amide bonds. The highest BCUT2D eigenvalue weighted by Gasteiger charge is 2.16. The highest BCUT2D eigenvalue weighted by molar-refractivity contribution is 7.99. The normalized spacial score (nSPS) is 20.2. The van der Waals surface area contributed by atoms with E-state index < -0.39 is 10.0 Å². The number of anilines is 1. The first-order chi connectivity index (χ1) is 8.47. The van der Waals surface area contributed by atoms with E-state index in [2.05, 4.69) is 0 Å². The zero-order chi connectivity index (χ0) is 13.2. The average molecular weight is 288 g/mol. The summed E-state index contributed by atoms with van der Waals surface area (Å²) in [7, 11) is -3.74. The van der Waals surface area contributed by atoms with Crippen LogP contribution in [0.25, 0.3) is 0 Å². The minimum absolute atomic E-state index is 0.0241. The fraction of sp³-hybridized carbons (Fsp3) is 0.455. The number of thioether (sulfide) groups is 1. The third-order valence-corrected chi connectivity index (χ3v) is 4.86. The van der Waals surface area contributed by atoms with Gasteiger partial charge < -0.3 is 10.5 Å². The second-order valence-corrected chi connectivity index (χ2v) is 6.81. The summed E-state index contributed by atoms with van der Waals surface area (Å²) in [5, 5.41) is 5.05. The molecule has 1 aliphatic rings. The number of primary sulfonamides is 1. The molecule has 0 saturated carbocycles. The maximum atomic E-state index is 11.2. The van der Waals surface area contributed by atoms with Crippen molar-refractivity contribution in [1.29, 1.82) is 0 Å². The minimum atomic E-state index is -3.74. The van der Waals surface area contributed by atoms with Crippen molar-refractivity contribution in [2.45, 2.75) is 28.7 Å². The molecule has 4 N–H and O–H groups in total. The molecule has 1 saturated heterocycles. The van der Waals surface area contributed by atoms with Crippen molar-refractivity contribution >= 4 is 27.5 Å². The number of nitrogen functional groups attached to an aromatic ring is 1. The van der Waals surface area contributed by atoms with Crippen molar-refractivity contribution in [3.63, 3.8) is 0 Å². The lowest BCUT2D eigenvalue weighted by Gasteiger charge is -2.10. The van der Waals surface area contributed by atoms with E-state index in [1.54, 1.807) is 23.9 Å². The van der Waals surface area contributed by atoms with Crippen molar-refractivity contribution in [3.05, 3.63) is 18.2 Å². The van der Waals surface area contributed by atoms with Crippen LogP contribution in [-0.2, 0) is 14.8 Å². The summed E-state index contributed by atoms with van der Waals surface area (Å²) >= 11 is 1.61. The molecule has 1 aromatic carbocycles. The van der Waals surface area contributed by atoms with Gasteiger partial charge in [-0.3, -0.25) is 0 Å². The second kappa shape index (κ2) is 5.48. The van der Waals surface area contributed by atoms with Crippen molar-refractivity contribution in [3.8, 4) is 0 Å². The number of hydrogen-bond acceptors (Lipinski definition) is 5. The molecule has 1 heterocycles. The molecule has 0 aromatic heterocycles. The van der Waals surface area contributed by atoms with E-state index in [-0.39, 0.29) is 16.7 Å². The first-order valence-electron chi connectivity index (χ1n) is 5.63. The van der Waals surface area contributed by atoms with E-state index in [4.69, 9.17) is 15.6 Å². The summed E-state index contributed by atoms with van der Waals surface area (Å²) < 4.78 is 27.9. The third kappa shape index (κ3) is 3.38. The Morgan fingerprint density at radius 3 is 2.78 bits per heavy atom. The lowest BCUT2D eigenvalue weighted by atomic mass is 10.3. The fourth-order valence-corrected chi connectivity index (χ4v) is 3.50. The van der Waals surface area contributed by atoms with Gasteiger partial charge in [-0.05, 0) is 31.0 Å². The van der Waals surface area contributed by atoms with Gasteiger partial charge in [-0.1, -0.05) is 0 Å². The van der Waals surface area contributed by atoms with Crippen LogP contribution in [0.4, 0.5) is 5.69 Å². The number of rotatable bonds is 4. The van der Waals surface area contributed by atoms with Crippen LogP contribution in [0.3, 0.4) is 0 Å². The predicted molar refractivity (Wildman–Crippen MR) is 71.9 cm³/mol. The van der Waals surface area contributed by atoms with Crippen LogP contribution in [0.2, 0.25) is 0 Å². The van der Waals surface area contributed by atoms with Crippen LogP contribution < -0.4 is 10.9 Å². The molecular weight excluding hydrogens is 272 g/mol. The molecule has 1 fully saturated rings. The lowest BCUT2D eigenvalue weighted by Crippen LogP contribution is -2.14. The van der Waals surface area contributed by atoms with Gasteiger partial charge in [0, 0.05) is 17.3 Å². The first-order valence-corrected chi connectivity index (χ1v) is 8.17. The smallest absolute Gasteiger partial charge is 0.240 e. The standard InChI is InChI=1S/C11H16N2O3S2/c12-10-6-9(3-4-11(10)18(13,14)15)17-7-8-2-1-5-16-8/h3-4,6,8H,1-2,5,7,12H2,(H2,13,14,15). The van der Waals surface area contributed by atoms with Gasteiger partial charge in [-0.25, -0.2) is 13.6 Å². The molecule has 5 nitrogen and oxygen atoms in total. The molecular formula is C11H16N2O3S2. The Kier molecular flexibility index (Phi) is 4.16. The summed E-state index contributed by atoms with van der Waals surface area (Å²) in [6.45, 7) is 0.831. The van der Waals surface area contributed by atoms with Gasteiger partial charge >= 0.3 is 0 Å². The second-order valence-electron chi connectivity index (χ2n) is 4.19. The van der Waals surface area contributed by atoms with Gasteiger partial charge in [-0.15, -0.1) is 11.8 Å². The average Bonchev–Trinajstić information content (AvgIpc) is 2.77. The zero-order valence-electron chi connectivity index (χ0n) is 9.83. The molecule has 1 atom stereocenters. The molecule has 0 bridgehead atoms. The van der Waals surface area contributed by atoms with Crippen LogP contribution in [0.15, 0.2) is 28.0 Å². The number of nitrogens with two attached hydrogens (primary N) is 2. The number of ether oxygens (including phenoxy) is 1. The predicted octanol–water partition coefficient (Wildman–Crippen LogP) is 1.19. The van der Waals surface area contributed by atoms with E-state index in [1.807, 2.05) is 0 Å². The third-order valence-electron chi connectivity index (χ3n) is 2.75. The minimum Gasteiger partial charge on any atom is -0.398 e. The molecule has 1 aliphatic heterocycles. The largest absolute Gasteiger partial charge is 0.398 e. The number of hydrogen-bond donors (Lipinski definition) is 2. The molecule has 0 aliphatic carbocycles. The van der Waals surface area contributed by atoms with Crippen LogP contribution in [0.5, 0.6) is 0 Å². The van der Waals surface area contributed by atoms with E-state index in [9.17, 15) is 8.42 Å². The van der Waals surface area contributed by atoms with Gasteiger partial charge in [0.25, 0.3) is 0 Å². The molecule has 1 unspecified atom stereocenters. The molecule has 100 valence electrons. The maximum absolute atomic E-state index is 11.2. The van der Waals surface area contributed by atoms with E-state index in [0.29, 0.717) is 0 Å². The summed E-state index contributed by atoms with van der Waals surface area (Å²) in [5.74, 6) is 0.855. The van der Waals surface area contributed by atoms with Gasteiger partial charge in [-0.2, -0.15) is 0 Å². The van der Waals surface area contributed by atoms with Crippen molar-refractivity contribution in [2.75, 3.05) is 18.1 Å². The number of benzene rings is 1. The molecule has 0 radical (unpaired) electrons. The van der Waals surface area contributed by atoms with Crippen LogP contribution in [0, 0.1) is 0 Å². The molecule has 1 aromatic rings. The summed E-state index contributed by atoms with van der Waals surface area (Å²) in [6, 6.07) is 4.80. The molecule has 7 heteroatoms. The van der Waals surface area contributed by atoms with Crippen molar-refractivity contribution in [2.24, 2.45) is 5.14 Å². The summed E-state index contributed by atoms with van der Waals surface area (Å²) in [4.78, 5) is 0.902. The summed E-state index contributed by atoms with van der Waals surface area (Å²) in [5.41, 5.74) is 5.88. The van der Waals surface area contributed by atoms with Crippen LogP contribution in [0.1, 0.15) is 12.8 Å². The van der Waals surface area contributed by atoms with Gasteiger partial charge in [0.05, 0.1) is 11.8 Å². The quantitative estimate of drug-likeness (QED) is 0.641. The monoisotopic (exact) mass is 288 g/mol. The Bertz CT molecular complexity index is 525. The Labute approximate surface area is 111 Å². The molecule has 18 heavy (non-hydrogen) atoms. The zero-order valence-corrected chi connectivity index (χ0v) is 11.5. The van der Waals surface area contributed by atoms with Gasteiger partial charge in [0.15, 0.2) is 0 Å². The highest BCUT2D eigenvalue weighted by Crippen LogP contribution is 2.27.